The Hall–Kier alpha value is -1.64. The van der Waals surface area contributed by atoms with Crippen molar-refractivity contribution in [2.45, 2.75) is 70.3 Å². The minimum Gasteiger partial charge on any atom is -0.481 e. The smallest absolute Gasteiger partial charge is 0.307 e. The first kappa shape index (κ1) is 18.7. The normalized spacial score (nSPS) is 22.1. The molecule has 2 atom stereocenters. The third kappa shape index (κ3) is 5.77. The van der Waals surface area contributed by atoms with Crippen molar-refractivity contribution in [2.75, 3.05) is 0 Å². The van der Waals surface area contributed by atoms with Gasteiger partial charge < -0.3 is 10.2 Å². The lowest BCUT2D eigenvalue weighted by Gasteiger charge is -2.19. The number of carbonyl (C=O) groups is 2. The van der Waals surface area contributed by atoms with Crippen molar-refractivity contribution in [3.63, 3.8) is 0 Å². The van der Waals surface area contributed by atoms with Crippen LogP contribution in [0.25, 0.3) is 0 Å². The number of allylic oxidation sites excluding steroid dienone is 2. The number of carbonyl (C=O) groups excluding carboxylic acids is 1. The van der Waals surface area contributed by atoms with E-state index < -0.39 is 5.97 Å². The van der Waals surface area contributed by atoms with Gasteiger partial charge in [0.1, 0.15) is 5.78 Å². The zero-order chi connectivity index (χ0) is 17.4. The number of carboxylic acids is 1. The van der Waals surface area contributed by atoms with Gasteiger partial charge >= 0.3 is 5.97 Å². The molecule has 0 heterocycles. The average molecular weight is 332 g/mol. The molecular formula is C20H28O4. The molecule has 2 aliphatic carbocycles. The Balaban J connectivity index is 1.76. The molecule has 132 valence electrons. The van der Waals surface area contributed by atoms with E-state index in [1.165, 1.54) is 24.5 Å². The van der Waals surface area contributed by atoms with Gasteiger partial charge in [-0.2, -0.15) is 0 Å². The zero-order valence-electron chi connectivity index (χ0n) is 14.2. The molecule has 0 aromatic rings. The summed E-state index contributed by atoms with van der Waals surface area (Å²) in [5.41, 5.74) is 4.04. The average Bonchev–Trinajstić information content (AvgIpc) is 3.19. The molecule has 1 fully saturated rings. The topological polar surface area (TPSA) is 74.6 Å². The molecule has 0 radical (unpaired) electrons. The SMILES string of the molecule is O=C(O)CC=C=CCC[C@H]1C(=O)CC=C1CC[C@H](O)C1CCCC1. The quantitative estimate of drug-likeness (QED) is 0.497. The number of aliphatic carboxylic acids is 1. The summed E-state index contributed by atoms with van der Waals surface area (Å²) in [6.45, 7) is 0. The summed E-state index contributed by atoms with van der Waals surface area (Å²) in [5, 5.41) is 18.8. The Labute approximate surface area is 144 Å². The Bertz CT molecular complexity index is 534. The van der Waals surface area contributed by atoms with E-state index in [1.807, 2.05) is 6.08 Å². The van der Waals surface area contributed by atoms with Gasteiger partial charge in [0.2, 0.25) is 0 Å². The number of ketones is 1. The molecule has 0 saturated heterocycles. The molecule has 2 N–H and O–H groups in total. The van der Waals surface area contributed by atoms with Crippen molar-refractivity contribution >= 4 is 11.8 Å². The maximum Gasteiger partial charge on any atom is 0.307 e. The third-order valence-corrected chi connectivity index (χ3v) is 5.19. The number of carboxylic acid groups (broad SMARTS) is 1. The van der Waals surface area contributed by atoms with Crippen molar-refractivity contribution in [1.29, 1.82) is 0 Å². The van der Waals surface area contributed by atoms with Gasteiger partial charge in [0, 0.05) is 12.3 Å². The Morgan fingerprint density at radius 2 is 2.08 bits per heavy atom. The van der Waals surface area contributed by atoms with Crippen LogP contribution in [0.2, 0.25) is 0 Å². The fraction of sp³-hybridized carbons (Fsp3) is 0.650. The highest BCUT2D eigenvalue weighted by atomic mass is 16.4. The first-order valence-corrected chi connectivity index (χ1v) is 9.09. The molecule has 2 aliphatic rings. The van der Waals surface area contributed by atoms with Gasteiger partial charge in [-0.25, -0.2) is 0 Å². The van der Waals surface area contributed by atoms with Gasteiger partial charge in [0.15, 0.2) is 0 Å². The van der Waals surface area contributed by atoms with E-state index in [4.69, 9.17) is 5.11 Å². The predicted molar refractivity (Wildman–Crippen MR) is 92.5 cm³/mol. The van der Waals surface area contributed by atoms with Crippen molar-refractivity contribution in [3.05, 3.63) is 29.5 Å². The van der Waals surface area contributed by atoms with E-state index >= 15 is 0 Å². The molecular weight excluding hydrogens is 304 g/mol. The van der Waals surface area contributed by atoms with E-state index in [0.29, 0.717) is 12.3 Å². The maximum absolute atomic E-state index is 12.1. The molecule has 0 spiro atoms. The fourth-order valence-corrected chi connectivity index (χ4v) is 3.80. The number of hydrogen-bond acceptors (Lipinski definition) is 3. The molecule has 0 unspecified atom stereocenters. The summed E-state index contributed by atoms with van der Waals surface area (Å²) in [6.07, 6.45) is 13.4. The number of aliphatic hydroxyl groups excluding tert-OH is 1. The summed E-state index contributed by atoms with van der Waals surface area (Å²) >= 11 is 0. The standard InChI is InChI=1S/C20H28O4/c21-18(16-7-5-6-8-16)13-11-15-12-14-19(22)17(15)9-3-1-2-4-10-20(23)24/h1,4,12,16-18,21H,3,5-11,13-14H2,(H,23,24)/t2?,17-,18+/m1/s1. The van der Waals surface area contributed by atoms with Crippen LogP contribution in [0.1, 0.15) is 64.2 Å². The highest BCUT2D eigenvalue weighted by molar-refractivity contribution is 5.88. The monoisotopic (exact) mass is 332 g/mol. The Morgan fingerprint density at radius 3 is 2.79 bits per heavy atom. The summed E-state index contributed by atoms with van der Waals surface area (Å²) in [6, 6.07) is 0. The largest absolute Gasteiger partial charge is 0.481 e. The van der Waals surface area contributed by atoms with E-state index in [-0.39, 0.29) is 24.2 Å². The van der Waals surface area contributed by atoms with Crippen molar-refractivity contribution < 1.29 is 19.8 Å². The van der Waals surface area contributed by atoms with Crippen molar-refractivity contribution in [3.8, 4) is 0 Å². The van der Waals surface area contributed by atoms with Crippen LogP contribution in [-0.2, 0) is 9.59 Å². The van der Waals surface area contributed by atoms with Crippen LogP contribution in [0.15, 0.2) is 29.5 Å². The number of Topliss-reactive ketones (excluding diaryl/α,β-unsaturated/α-hetero) is 1. The van der Waals surface area contributed by atoms with Crippen LogP contribution in [0, 0.1) is 11.8 Å². The first-order valence-electron chi connectivity index (χ1n) is 9.09. The van der Waals surface area contributed by atoms with E-state index in [9.17, 15) is 14.7 Å². The highest BCUT2D eigenvalue weighted by Gasteiger charge is 2.28. The lowest BCUT2D eigenvalue weighted by Crippen LogP contribution is -2.18. The summed E-state index contributed by atoms with van der Waals surface area (Å²) in [5.74, 6) is -0.182. The van der Waals surface area contributed by atoms with Crippen LogP contribution in [0.3, 0.4) is 0 Å². The Morgan fingerprint density at radius 1 is 1.33 bits per heavy atom. The van der Waals surface area contributed by atoms with Gasteiger partial charge in [0.25, 0.3) is 0 Å². The molecule has 4 nitrogen and oxygen atoms in total. The van der Waals surface area contributed by atoms with Gasteiger partial charge in [0.05, 0.1) is 12.5 Å². The summed E-state index contributed by atoms with van der Waals surface area (Å²) in [7, 11) is 0. The predicted octanol–water partition coefficient (Wildman–Crippen LogP) is 3.80. The number of aliphatic hydroxyl groups is 1. The van der Waals surface area contributed by atoms with E-state index in [1.54, 1.807) is 6.08 Å². The second-order valence-electron chi connectivity index (χ2n) is 6.90. The zero-order valence-corrected chi connectivity index (χ0v) is 14.2. The van der Waals surface area contributed by atoms with Crippen LogP contribution in [0.4, 0.5) is 0 Å². The number of rotatable bonds is 9. The van der Waals surface area contributed by atoms with Crippen LogP contribution in [0.5, 0.6) is 0 Å². The Kier molecular flexibility index (Phi) is 7.48. The van der Waals surface area contributed by atoms with Gasteiger partial charge in [-0.1, -0.05) is 24.5 Å². The lowest BCUT2D eigenvalue weighted by atomic mass is 9.89. The first-order chi connectivity index (χ1) is 11.6. The van der Waals surface area contributed by atoms with Crippen LogP contribution >= 0.6 is 0 Å². The molecule has 2 rings (SSSR count). The van der Waals surface area contributed by atoms with Crippen LogP contribution in [-0.4, -0.2) is 28.1 Å². The van der Waals surface area contributed by atoms with Gasteiger partial charge in [-0.05, 0) is 56.6 Å². The molecule has 0 amide bonds. The van der Waals surface area contributed by atoms with Crippen LogP contribution < -0.4 is 0 Å². The number of hydrogen-bond donors (Lipinski definition) is 2. The summed E-state index contributed by atoms with van der Waals surface area (Å²) in [4.78, 5) is 22.5. The van der Waals surface area contributed by atoms with Gasteiger partial charge in [-0.15, -0.1) is 5.73 Å². The second-order valence-corrected chi connectivity index (χ2v) is 6.90. The minimum atomic E-state index is -0.868. The lowest BCUT2D eigenvalue weighted by molar-refractivity contribution is -0.136. The molecule has 0 aliphatic heterocycles. The van der Waals surface area contributed by atoms with Crippen molar-refractivity contribution in [1.82, 2.24) is 0 Å². The molecule has 0 bridgehead atoms. The molecule has 0 aromatic heterocycles. The van der Waals surface area contributed by atoms with E-state index in [0.717, 1.165) is 38.5 Å². The molecule has 0 aromatic carbocycles. The third-order valence-electron chi connectivity index (χ3n) is 5.19. The van der Waals surface area contributed by atoms with E-state index in [2.05, 4.69) is 5.73 Å². The molecule has 1 saturated carbocycles. The van der Waals surface area contributed by atoms with Gasteiger partial charge in [-0.3, -0.25) is 9.59 Å². The maximum atomic E-state index is 12.1. The molecule has 24 heavy (non-hydrogen) atoms. The highest BCUT2D eigenvalue weighted by Crippen LogP contribution is 2.34. The second kappa shape index (κ2) is 9.61. The summed E-state index contributed by atoms with van der Waals surface area (Å²) < 4.78 is 0. The minimum absolute atomic E-state index is 0.0247. The molecule has 4 heteroatoms. The van der Waals surface area contributed by atoms with Crippen molar-refractivity contribution in [2.24, 2.45) is 11.8 Å². The fourth-order valence-electron chi connectivity index (χ4n) is 3.80.